The van der Waals surface area contributed by atoms with Crippen molar-refractivity contribution in [3.05, 3.63) is 41.5 Å². The molecule has 1 aromatic carbocycles. The first-order valence-electron chi connectivity index (χ1n) is 6.92. The van der Waals surface area contributed by atoms with E-state index in [4.69, 9.17) is 0 Å². The number of hydrogen-bond donors (Lipinski definition) is 2. The Kier molecular flexibility index (Phi) is 3.00. The van der Waals surface area contributed by atoms with Crippen molar-refractivity contribution in [1.29, 1.82) is 0 Å². The SMILES string of the molecule is CNCC(O)C1=CC2(CCCC2)c2ccccc21. The van der Waals surface area contributed by atoms with Crippen molar-refractivity contribution in [3.8, 4) is 0 Å². The Bertz CT molecular complexity index is 472. The second-order valence-corrected chi connectivity index (χ2v) is 5.58. The van der Waals surface area contributed by atoms with Crippen LogP contribution in [0.4, 0.5) is 0 Å². The van der Waals surface area contributed by atoms with Crippen LogP contribution in [0.5, 0.6) is 0 Å². The van der Waals surface area contributed by atoms with E-state index in [0.29, 0.717) is 6.54 Å². The number of benzene rings is 1. The standard InChI is InChI=1S/C16H21NO/c1-17-11-15(18)13-10-16(8-4-5-9-16)14-7-3-2-6-12(13)14/h2-3,6-7,10,15,17-18H,4-5,8-9,11H2,1H3. The first-order chi connectivity index (χ1) is 8.77. The molecule has 1 fully saturated rings. The van der Waals surface area contributed by atoms with Crippen LogP contribution in [0, 0.1) is 0 Å². The molecule has 0 aliphatic heterocycles. The summed E-state index contributed by atoms with van der Waals surface area (Å²) in [5.41, 5.74) is 4.05. The number of aliphatic hydroxyl groups excluding tert-OH is 1. The molecule has 0 bridgehead atoms. The molecule has 1 aromatic rings. The van der Waals surface area contributed by atoms with Crippen LogP contribution in [0.3, 0.4) is 0 Å². The Morgan fingerprint density at radius 1 is 1.28 bits per heavy atom. The highest BCUT2D eigenvalue weighted by molar-refractivity contribution is 5.79. The lowest BCUT2D eigenvalue weighted by Gasteiger charge is -2.22. The van der Waals surface area contributed by atoms with Crippen molar-refractivity contribution in [2.45, 2.75) is 37.2 Å². The van der Waals surface area contributed by atoms with Crippen molar-refractivity contribution in [2.24, 2.45) is 0 Å². The van der Waals surface area contributed by atoms with Gasteiger partial charge in [-0.25, -0.2) is 0 Å². The van der Waals surface area contributed by atoms with Crippen LogP contribution in [-0.2, 0) is 5.41 Å². The minimum absolute atomic E-state index is 0.223. The second kappa shape index (κ2) is 4.52. The van der Waals surface area contributed by atoms with Crippen LogP contribution < -0.4 is 5.32 Å². The summed E-state index contributed by atoms with van der Waals surface area (Å²) in [6.07, 6.45) is 7.04. The smallest absolute Gasteiger partial charge is 0.0917 e. The molecule has 2 N–H and O–H groups in total. The summed E-state index contributed by atoms with van der Waals surface area (Å²) in [6, 6.07) is 8.61. The third-order valence-electron chi connectivity index (χ3n) is 4.46. The molecule has 1 atom stereocenters. The molecule has 0 heterocycles. The molecule has 2 aliphatic carbocycles. The Morgan fingerprint density at radius 2 is 2.00 bits per heavy atom. The predicted octanol–water partition coefficient (Wildman–Crippen LogP) is 2.48. The van der Waals surface area contributed by atoms with Gasteiger partial charge < -0.3 is 10.4 Å². The van der Waals surface area contributed by atoms with Gasteiger partial charge in [0.1, 0.15) is 0 Å². The van der Waals surface area contributed by atoms with E-state index >= 15 is 0 Å². The van der Waals surface area contributed by atoms with Crippen LogP contribution in [-0.4, -0.2) is 24.8 Å². The summed E-state index contributed by atoms with van der Waals surface area (Å²) in [5, 5.41) is 13.4. The Morgan fingerprint density at radius 3 is 2.72 bits per heavy atom. The largest absolute Gasteiger partial charge is 0.387 e. The van der Waals surface area contributed by atoms with E-state index in [1.807, 2.05) is 7.05 Å². The quantitative estimate of drug-likeness (QED) is 0.855. The second-order valence-electron chi connectivity index (χ2n) is 5.58. The van der Waals surface area contributed by atoms with Crippen LogP contribution in [0.15, 0.2) is 30.3 Å². The van der Waals surface area contributed by atoms with Gasteiger partial charge in [0.2, 0.25) is 0 Å². The summed E-state index contributed by atoms with van der Waals surface area (Å²) in [5.74, 6) is 0. The maximum absolute atomic E-state index is 10.3. The summed E-state index contributed by atoms with van der Waals surface area (Å²) in [6.45, 7) is 0.621. The maximum Gasteiger partial charge on any atom is 0.0917 e. The molecular weight excluding hydrogens is 222 g/mol. The molecule has 0 aromatic heterocycles. The zero-order valence-corrected chi connectivity index (χ0v) is 10.9. The fourth-order valence-corrected chi connectivity index (χ4v) is 3.62. The van der Waals surface area contributed by atoms with Gasteiger partial charge in [-0.1, -0.05) is 43.2 Å². The zero-order valence-electron chi connectivity index (χ0n) is 10.9. The average molecular weight is 243 g/mol. The van der Waals surface area contributed by atoms with Gasteiger partial charge in [0.15, 0.2) is 0 Å². The summed E-state index contributed by atoms with van der Waals surface area (Å²) in [4.78, 5) is 0. The minimum Gasteiger partial charge on any atom is -0.387 e. The van der Waals surface area contributed by atoms with Crippen molar-refractivity contribution < 1.29 is 5.11 Å². The number of nitrogens with one attached hydrogen (secondary N) is 1. The van der Waals surface area contributed by atoms with Crippen LogP contribution in [0.1, 0.15) is 36.8 Å². The fourth-order valence-electron chi connectivity index (χ4n) is 3.62. The van der Waals surface area contributed by atoms with Crippen molar-refractivity contribution in [2.75, 3.05) is 13.6 Å². The van der Waals surface area contributed by atoms with Crippen LogP contribution in [0.25, 0.3) is 5.57 Å². The van der Waals surface area contributed by atoms with E-state index in [9.17, 15) is 5.11 Å². The number of fused-ring (bicyclic) bond motifs is 2. The number of hydrogen-bond acceptors (Lipinski definition) is 2. The predicted molar refractivity (Wildman–Crippen MR) is 74.5 cm³/mol. The summed E-state index contributed by atoms with van der Waals surface area (Å²) >= 11 is 0. The molecule has 2 nitrogen and oxygen atoms in total. The van der Waals surface area contributed by atoms with Crippen molar-refractivity contribution in [3.63, 3.8) is 0 Å². The molecule has 0 saturated heterocycles. The first-order valence-corrected chi connectivity index (χ1v) is 6.92. The molecule has 3 rings (SSSR count). The van der Waals surface area contributed by atoms with Crippen LogP contribution in [0.2, 0.25) is 0 Å². The lowest BCUT2D eigenvalue weighted by atomic mass is 9.81. The lowest BCUT2D eigenvalue weighted by Crippen LogP contribution is -2.24. The van der Waals surface area contributed by atoms with E-state index in [1.54, 1.807) is 0 Å². The van der Waals surface area contributed by atoms with Gasteiger partial charge in [-0.15, -0.1) is 0 Å². The zero-order chi connectivity index (χ0) is 12.6. The van der Waals surface area contributed by atoms with Gasteiger partial charge in [-0.05, 0) is 36.6 Å². The highest BCUT2D eigenvalue weighted by atomic mass is 16.3. The third-order valence-corrected chi connectivity index (χ3v) is 4.46. The van der Waals surface area contributed by atoms with Gasteiger partial charge in [0.05, 0.1) is 6.10 Å². The Balaban J connectivity index is 2.05. The van der Waals surface area contributed by atoms with Crippen molar-refractivity contribution >= 4 is 5.57 Å². The van der Waals surface area contributed by atoms with Gasteiger partial charge in [0, 0.05) is 12.0 Å². The fraction of sp³-hybridized carbons (Fsp3) is 0.500. The normalized spacial score (nSPS) is 22.0. The summed E-state index contributed by atoms with van der Waals surface area (Å²) in [7, 11) is 1.88. The highest BCUT2D eigenvalue weighted by Crippen LogP contribution is 2.51. The number of rotatable bonds is 3. The van der Waals surface area contributed by atoms with E-state index in [1.165, 1.54) is 36.8 Å². The van der Waals surface area contributed by atoms with E-state index in [-0.39, 0.29) is 5.41 Å². The van der Waals surface area contributed by atoms with Gasteiger partial charge in [-0.3, -0.25) is 0 Å². The molecule has 2 aliphatic rings. The molecule has 96 valence electrons. The molecule has 0 amide bonds. The molecule has 1 unspecified atom stereocenters. The summed E-state index contributed by atoms with van der Waals surface area (Å²) < 4.78 is 0. The average Bonchev–Trinajstić information content (AvgIpc) is 2.98. The molecule has 0 radical (unpaired) electrons. The monoisotopic (exact) mass is 243 g/mol. The first kappa shape index (κ1) is 11.9. The molecule has 2 heteroatoms. The number of aliphatic hydroxyl groups is 1. The number of likely N-dealkylation sites (N-methyl/N-ethyl adjacent to an activating group) is 1. The van der Waals surface area contributed by atoms with Crippen LogP contribution >= 0.6 is 0 Å². The molecule has 1 spiro atoms. The van der Waals surface area contributed by atoms with E-state index in [0.717, 1.165) is 5.57 Å². The minimum atomic E-state index is -0.392. The maximum atomic E-state index is 10.3. The van der Waals surface area contributed by atoms with Gasteiger partial charge in [-0.2, -0.15) is 0 Å². The van der Waals surface area contributed by atoms with Gasteiger partial charge >= 0.3 is 0 Å². The Labute approximate surface area is 109 Å². The molecule has 18 heavy (non-hydrogen) atoms. The van der Waals surface area contributed by atoms with Crippen molar-refractivity contribution in [1.82, 2.24) is 5.32 Å². The van der Waals surface area contributed by atoms with E-state index < -0.39 is 6.10 Å². The molecular formula is C16H21NO. The molecule has 1 saturated carbocycles. The van der Waals surface area contributed by atoms with E-state index in [2.05, 4.69) is 35.7 Å². The topological polar surface area (TPSA) is 32.3 Å². The van der Waals surface area contributed by atoms with Gasteiger partial charge in [0.25, 0.3) is 0 Å². The third kappa shape index (κ3) is 1.72. The number of allylic oxidation sites excluding steroid dienone is 1. The Hall–Kier alpha value is -1.12. The lowest BCUT2D eigenvalue weighted by molar-refractivity contribution is 0.231. The highest BCUT2D eigenvalue weighted by Gasteiger charge is 2.41.